The summed E-state index contributed by atoms with van der Waals surface area (Å²) in [7, 11) is 1.39. The topological polar surface area (TPSA) is 67.3 Å². The lowest BCUT2D eigenvalue weighted by molar-refractivity contribution is 0.0808. The highest BCUT2D eigenvalue weighted by atomic mass is 32.1. The Morgan fingerprint density at radius 1 is 1.52 bits per heavy atom. The molecule has 0 spiro atoms. The average Bonchev–Trinajstić information content (AvgIpc) is 3.10. The van der Waals surface area contributed by atoms with Crippen LogP contribution in [0.4, 0.5) is 20.1 Å². The highest BCUT2D eigenvalue weighted by molar-refractivity contribution is 7.13. The molecule has 0 aliphatic carbocycles. The van der Waals surface area contributed by atoms with Crippen LogP contribution in [0.15, 0.2) is 23.7 Å². The number of amides is 1. The maximum absolute atomic E-state index is 14.2. The highest BCUT2D eigenvalue weighted by Crippen LogP contribution is 2.27. The van der Waals surface area contributed by atoms with Gasteiger partial charge in [-0.15, -0.1) is 11.3 Å². The normalized spacial score (nSPS) is 20.4. The van der Waals surface area contributed by atoms with Crippen LogP contribution in [0, 0.1) is 11.7 Å². The van der Waals surface area contributed by atoms with E-state index in [1.807, 2.05) is 12.3 Å². The summed E-state index contributed by atoms with van der Waals surface area (Å²) in [5.41, 5.74) is 0.449. The fourth-order valence-electron chi connectivity index (χ4n) is 3.21. The van der Waals surface area contributed by atoms with E-state index in [1.165, 1.54) is 24.5 Å². The van der Waals surface area contributed by atoms with E-state index in [0.29, 0.717) is 24.5 Å². The minimum Gasteiger partial charge on any atom is -0.453 e. The molecule has 0 bridgehead atoms. The zero-order valence-corrected chi connectivity index (χ0v) is 15.1. The number of aromatic nitrogens is 2. The molecule has 1 aliphatic heterocycles. The predicted molar refractivity (Wildman–Crippen MR) is 94.6 cm³/mol. The Morgan fingerprint density at radius 3 is 3.04 bits per heavy atom. The number of pyridine rings is 1. The summed E-state index contributed by atoms with van der Waals surface area (Å²) in [6.45, 7) is 2.62. The summed E-state index contributed by atoms with van der Waals surface area (Å²) in [5, 5.41) is 5.68. The molecule has 2 aromatic heterocycles. The summed E-state index contributed by atoms with van der Waals surface area (Å²) in [5.74, 6) is 0.576. The van der Waals surface area contributed by atoms with E-state index in [-0.39, 0.29) is 23.9 Å². The number of hydrogen-bond donors (Lipinski definition) is 1. The fraction of sp³-hybridized carbons (Fsp3) is 0.471. The van der Waals surface area contributed by atoms with E-state index in [9.17, 15) is 9.18 Å². The second-order valence-electron chi connectivity index (χ2n) is 6.19. The first kappa shape index (κ1) is 17.6. The molecular formula is C17H21FN4O2S. The maximum atomic E-state index is 14.2. The van der Waals surface area contributed by atoms with E-state index in [2.05, 4.69) is 15.3 Å². The van der Waals surface area contributed by atoms with Gasteiger partial charge in [-0.05, 0) is 44.2 Å². The Hall–Kier alpha value is -2.22. The molecule has 1 N–H and O–H groups in total. The Labute approximate surface area is 150 Å². The molecule has 1 saturated heterocycles. The number of carbonyl (C=O) groups is 1. The van der Waals surface area contributed by atoms with Gasteiger partial charge in [-0.3, -0.25) is 0 Å². The Bertz CT molecular complexity index is 725. The van der Waals surface area contributed by atoms with Crippen molar-refractivity contribution >= 4 is 28.4 Å². The second-order valence-corrected chi connectivity index (χ2v) is 7.09. The number of anilines is 2. The van der Waals surface area contributed by atoms with Gasteiger partial charge in [0.2, 0.25) is 0 Å². The molecule has 0 saturated carbocycles. The molecule has 25 heavy (non-hydrogen) atoms. The molecule has 134 valence electrons. The lowest BCUT2D eigenvalue weighted by Gasteiger charge is -2.36. The third kappa shape index (κ3) is 4.25. The van der Waals surface area contributed by atoms with Crippen molar-refractivity contribution in [1.29, 1.82) is 0 Å². The summed E-state index contributed by atoms with van der Waals surface area (Å²) in [6, 6.07) is 3.12. The largest absolute Gasteiger partial charge is 0.453 e. The van der Waals surface area contributed by atoms with Gasteiger partial charge >= 0.3 is 6.09 Å². The number of methoxy groups -OCH3 is 1. The van der Waals surface area contributed by atoms with Crippen molar-refractivity contribution in [3.63, 3.8) is 0 Å². The van der Waals surface area contributed by atoms with Gasteiger partial charge in [0.1, 0.15) is 11.6 Å². The van der Waals surface area contributed by atoms with E-state index < -0.39 is 0 Å². The van der Waals surface area contributed by atoms with Crippen LogP contribution in [0.3, 0.4) is 0 Å². The number of piperidine rings is 1. The van der Waals surface area contributed by atoms with Gasteiger partial charge in [-0.2, -0.15) is 0 Å². The minimum atomic E-state index is -0.301. The Kier molecular flexibility index (Phi) is 5.47. The van der Waals surface area contributed by atoms with Crippen LogP contribution in [0.25, 0.3) is 0 Å². The summed E-state index contributed by atoms with van der Waals surface area (Å²) < 4.78 is 19.0. The quantitative estimate of drug-likeness (QED) is 0.893. The van der Waals surface area contributed by atoms with Crippen LogP contribution in [0.5, 0.6) is 0 Å². The highest BCUT2D eigenvalue weighted by Gasteiger charge is 2.30. The summed E-state index contributed by atoms with van der Waals surface area (Å²) in [6.07, 6.45) is 3.57. The van der Waals surface area contributed by atoms with Crippen molar-refractivity contribution in [2.24, 2.45) is 5.92 Å². The number of thiazole rings is 1. The van der Waals surface area contributed by atoms with Crippen LogP contribution in [-0.2, 0) is 11.2 Å². The molecule has 2 atom stereocenters. The molecule has 0 aromatic carbocycles. The van der Waals surface area contributed by atoms with E-state index >= 15 is 0 Å². The Morgan fingerprint density at radius 2 is 2.36 bits per heavy atom. The van der Waals surface area contributed by atoms with Gasteiger partial charge in [0, 0.05) is 24.2 Å². The van der Waals surface area contributed by atoms with Gasteiger partial charge in [-0.1, -0.05) is 0 Å². The minimum absolute atomic E-state index is 0.0749. The van der Waals surface area contributed by atoms with Crippen molar-refractivity contribution in [2.45, 2.75) is 32.2 Å². The number of likely N-dealkylation sites (tertiary alicyclic amines) is 1. The predicted octanol–water partition coefficient (Wildman–Crippen LogP) is 3.83. The summed E-state index contributed by atoms with van der Waals surface area (Å²) in [4.78, 5) is 22.0. The molecule has 1 amide bonds. The van der Waals surface area contributed by atoms with Crippen LogP contribution < -0.4 is 5.32 Å². The number of carbonyl (C=O) groups excluding carboxylic acids is 1. The second kappa shape index (κ2) is 7.77. The van der Waals surface area contributed by atoms with Crippen LogP contribution >= 0.6 is 11.3 Å². The van der Waals surface area contributed by atoms with E-state index in [1.54, 1.807) is 17.2 Å². The zero-order chi connectivity index (χ0) is 17.8. The first-order valence-corrected chi connectivity index (χ1v) is 9.11. The Balaban J connectivity index is 1.65. The molecule has 1 fully saturated rings. The van der Waals surface area contributed by atoms with Crippen molar-refractivity contribution in [2.75, 3.05) is 19.0 Å². The van der Waals surface area contributed by atoms with E-state index in [4.69, 9.17) is 4.74 Å². The standard InChI is InChI=1S/C17H21FN4O2S/c1-11-9-12(5-7-22(11)17(23)24-2)10-14-13(18)3-4-15(20-14)21-16-19-6-8-25-16/h3-4,6,8,11-12H,5,7,9-10H2,1-2H3,(H,19,20,21). The maximum Gasteiger partial charge on any atom is 0.409 e. The van der Waals surface area contributed by atoms with Crippen LogP contribution in [0.1, 0.15) is 25.5 Å². The molecule has 3 heterocycles. The third-order valence-corrected chi connectivity index (χ3v) is 5.15. The van der Waals surface area contributed by atoms with Crippen LogP contribution in [0.2, 0.25) is 0 Å². The molecule has 3 rings (SSSR count). The molecule has 0 radical (unpaired) electrons. The van der Waals surface area contributed by atoms with Gasteiger partial charge in [-0.25, -0.2) is 19.2 Å². The van der Waals surface area contributed by atoms with Gasteiger partial charge in [0.15, 0.2) is 5.13 Å². The first-order chi connectivity index (χ1) is 12.1. The molecule has 8 heteroatoms. The number of ether oxygens (including phenoxy) is 1. The monoisotopic (exact) mass is 364 g/mol. The molecule has 1 aliphatic rings. The molecule has 2 unspecified atom stereocenters. The number of nitrogens with one attached hydrogen (secondary N) is 1. The molecule has 2 aromatic rings. The number of rotatable bonds is 4. The fourth-order valence-corrected chi connectivity index (χ4v) is 3.74. The molecular weight excluding hydrogens is 343 g/mol. The third-order valence-electron chi connectivity index (χ3n) is 4.46. The molecule has 6 nitrogen and oxygen atoms in total. The van der Waals surface area contributed by atoms with Crippen molar-refractivity contribution in [3.05, 3.63) is 35.2 Å². The van der Waals surface area contributed by atoms with Crippen LogP contribution in [-0.4, -0.2) is 40.7 Å². The first-order valence-electron chi connectivity index (χ1n) is 8.23. The SMILES string of the molecule is COC(=O)N1CCC(Cc2nc(Nc3nccs3)ccc2F)CC1C. The van der Waals surface area contributed by atoms with Gasteiger partial charge in [0.25, 0.3) is 0 Å². The number of hydrogen-bond acceptors (Lipinski definition) is 6. The summed E-state index contributed by atoms with van der Waals surface area (Å²) >= 11 is 1.46. The number of nitrogens with zero attached hydrogens (tertiary/aromatic N) is 3. The van der Waals surface area contributed by atoms with Gasteiger partial charge in [0.05, 0.1) is 12.8 Å². The lowest BCUT2D eigenvalue weighted by atomic mass is 9.88. The van der Waals surface area contributed by atoms with Crippen molar-refractivity contribution in [1.82, 2.24) is 14.9 Å². The van der Waals surface area contributed by atoms with Crippen molar-refractivity contribution in [3.8, 4) is 0 Å². The van der Waals surface area contributed by atoms with Crippen molar-refractivity contribution < 1.29 is 13.9 Å². The van der Waals surface area contributed by atoms with E-state index in [0.717, 1.165) is 18.0 Å². The zero-order valence-electron chi connectivity index (χ0n) is 14.2. The average molecular weight is 364 g/mol. The smallest absolute Gasteiger partial charge is 0.409 e. The van der Waals surface area contributed by atoms with Gasteiger partial charge < -0.3 is 15.0 Å². The number of halogens is 1. The lowest BCUT2D eigenvalue weighted by Crippen LogP contribution is -2.45.